The smallest absolute Gasteiger partial charge is 0.272 e. The number of carbonyl (C=O) groups excluding carboxylic acids is 1. The van der Waals surface area contributed by atoms with Crippen molar-refractivity contribution in [1.82, 2.24) is 25.1 Å². The number of H-pyrrole nitrogens is 1. The molecule has 0 spiro atoms. The number of nitrogens with one attached hydrogen (secondary N) is 2. The molecule has 7 heteroatoms. The van der Waals surface area contributed by atoms with Gasteiger partial charge in [-0.1, -0.05) is 6.07 Å². The first-order chi connectivity index (χ1) is 11.7. The van der Waals surface area contributed by atoms with Gasteiger partial charge in [0, 0.05) is 30.2 Å². The lowest BCUT2D eigenvalue weighted by atomic mass is 10.1. The number of aryl methyl sites for hydroxylation is 1. The zero-order valence-electron chi connectivity index (χ0n) is 12.9. The Morgan fingerprint density at radius 3 is 3.08 bits per heavy atom. The van der Waals surface area contributed by atoms with Crippen LogP contribution in [0.5, 0.6) is 0 Å². The Balaban J connectivity index is 1.46. The Morgan fingerprint density at radius 2 is 2.29 bits per heavy atom. The largest absolute Gasteiger partial charge is 0.347 e. The molecule has 0 bridgehead atoms. The number of benzene rings is 1. The predicted octanol–water partition coefficient (Wildman–Crippen LogP) is 2.15. The van der Waals surface area contributed by atoms with Crippen molar-refractivity contribution in [3.05, 3.63) is 65.3 Å². The summed E-state index contributed by atoms with van der Waals surface area (Å²) in [5.41, 5.74) is 3.63. The number of halogens is 1. The van der Waals surface area contributed by atoms with Crippen LogP contribution in [0.25, 0.3) is 5.69 Å². The minimum Gasteiger partial charge on any atom is -0.347 e. The van der Waals surface area contributed by atoms with Crippen LogP contribution < -0.4 is 5.32 Å². The number of carbonyl (C=O) groups is 1. The maximum atomic E-state index is 14.2. The molecular weight excluding hydrogens is 309 g/mol. The van der Waals surface area contributed by atoms with Gasteiger partial charge < -0.3 is 9.88 Å². The molecule has 0 atom stereocenters. The Bertz CT molecular complexity index is 885. The maximum absolute atomic E-state index is 14.2. The van der Waals surface area contributed by atoms with Crippen LogP contribution in [0.3, 0.4) is 0 Å². The van der Waals surface area contributed by atoms with Gasteiger partial charge in [-0.15, -0.1) is 0 Å². The van der Waals surface area contributed by atoms with Crippen LogP contribution in [0, 0.1) is 5.82 Å². The van der Waals surface area contributed by atoms with Crippen molar-refractivity contribution in [2.24, 2.45) is 0 Å². The quantitative estimate of drug-likeness (QED) is 0.772. The van der Waals surface area contributed by atoms with E-state index in [0.29, 0.717) is 16.9 Å². The summed E-state index contributed by atoms with van der Waals surface area (Å²) in [6.07, 6.45) is 7.68. The summed E-state index contributed by atoms with van der Waals surface area (Å²) < 4.78 is 15.8. The van der Waals surface area contributed by atoms with Crippen LogP contribution in [0.15, 0.2) is 36.9 Å². The highest BCUT2D eigenvalue weighted by atomic mass is 19.1. The van der Waals surface area contributed by atoms with Crippen LogP contribution in [0.4, 0.5) is 4.39 Å². The number of hydrogen-bond donors (Lipinski definition) is 2. The SMILES string of the molecule is O=C(NCc1ccc(-n2ccnc2)c(F)c1)c1n[nH]c2c1CCC2. The first-order valence-electron chi connectivity index (χ1n) is 7.83. The number of hydrogen-bond acceptors (Lipinski definition) is 3. The van der Waals surface area contributed by atoms with E-state index in [1.54, 1.807) is 29.1 Å². The van der Waals surface area contributed by atoms with Gasteiger partial charge in [0.2, 0.25) is 0 Å². The number of imidazole rings is 1. The highest BCUT2D eigenvalue weighted by Gasteiger charge is 2.22. The number of fused-ring (bicyclic) bond motifs is 1. The Kier molecular flexibility index (Phi) is 3.60. The fourth-order valence-corrected chi connectivity index (χ4v) is 3.04. The molecule has 0 radical (unpaired) electrons. The minimum absolute atomic E-state index is 0.228. The van der Waals surface area contributed by atoms with Crippen molar-refractivity contribution in [2.45, 2.75) is 25.8 Å². The summed E-state index contributed by atoms with van der Waals surface area (Å²) in [4.78, 5) is 16.2. The molecule has 122 valence electrons. The summed E-state index contributed by atoms with van der Waals surface area (Å²) in [6.45, 7) is 0.252. The second-order valence-corrected chi connectivity index (χ2v) is 5.82. The molecule has 0 saturated carbocycles. The highest BCUT2D eigenvalue weighted by molar-refractivity contribution is 5.94. The van der Waals surface area contributed by atoms with Crippen LogP contribution in [0.1, 0.15) is 33.7 Å². The average Bonchev–Trinajstić information content (AvgIpc) is 3.29. The standard InChI is InChI=1S/C17H16FN5O/c18-13-8-11(4-5-15(13)23-7-6-19-10-23)9-20-17(24)16-12-2-1-3-14(12)21-22-16/h4-8,10H,1-3,9H2,(H,20,24)(H,21,22). The Labute approximate surface area is 137 Å². The molecule has 24 heavy (non-hydrogen) atoms. The van der Waals surface area contributed by atoms with E-state index in [-0.39, 0.29) is 18.3 Å². The van der Waals surface area contributed by atoms with E-state index >= 15 is 0 Å². The predicted molar refractivity (Wildman–Crippen MR) is 85.3 cm³/mol. The molecule has 0 unspecified atom stereocenters. The lowest BCUT2D eigenvalue weighted by Gasteiger charge is -2.08. The lowest BCUT2D eigenvalue weighted by molar-refractivity contribution is 0.0945. The molecule has 0 fully saturated rings. The molecule has 1 aromatic carbocycles. The third-order valence-corrected chi connectivity index (χ3v) is 4.27. The average molecular weight is 325 g/mol. The van der Waals surface area contributed by atoms with E-state index in [9.17, 15) is 9.18 Å². The Morgan fingerprint density at radius 1 is 1.38 bits per heavy atom. The fraction of sp³-hybridized carbons (Fsp3) is 0.235. The first-order valence-corrected chi connectivity index (χ1v) is 7.83. The van der Waals surface area contributed by atoms with Crippen LogP contribution in [-0.4, -0.2) is 25.7 Å². The third kappa shape index (κ3) is 2.58. The van der Waals surface area contributed by atoms with Crippen molar-refractivity contribution in [1.29, 1.82) is 0 Å². The van der Waals surface area contributed by atoms with Crippen LogP contribution >= 0.6 is 0 Å². The van der Waals surface area contributed by atoms with E-state index in [1.165, 1.54) is 12.4 Å². The Hall–Kier alpha value is -2.96. The molecule has 2 heterocycles. The lowest BCUT2D eigenvalue weighted by Crippen LogP contribution is -2.24. The van der Waals surface area contributed by atoms with Gasteiger partial charge in [-0.2, -0.15) is 5.10 Å². The van der Waals surface area contributed by atoms with E-state index in [1.807, 2.05) is 0 Å². The number of amides is 1. The van der Waals surface area contributed by atoms with E-state index in [2.05, 4.69) is 20.5 Å². The zero-order valence-corrected chi connectivity index (χ0v) is 12.9. The second kappa shape index (κ2) is 5.92. The summed E-state index contributed by atoms with van der Waals surface area (Å²) >= 11 is 0. The van der Waals surface area contributed by atoms with Crippen molar-refractivity contribution in [3.63, 3.8) is 0 Å². The van der Waals surface area contributed by atoms with Gasteiger partial charge in [-0.05, 0) is 37.0 Å². The molecule has 0 aliphatic heterocycles. The number of nitrogens with zero attached hydrogens (tertiary/aromatic N) is 3. The van der Waals surface area contributed by atoms with E-state index < -0.39 is 0 Å². The normalized spacial score (nSPS) is 13.0. The third-order valence-electron chi connectivity index (χ3n) is 4.27. The molecule has 2 aromatic heterocycles. The first kappa shape index (κ1) is 14.6. The number of aromatic nitrogens is 4. The van der Waals surface area contributed by atoms with Gasteiger partial charge in [0.15, 0.2) is 5.69 Å². The maximum Gasteiger partial charge on any atom is 0.272 e. The van der Waals surface area contributed by atoms with Crippen molar-refractivity contribution >= 4 is 5.91 Å². The summed E-state index contributed by atoms with van der Waals surface area (Å²) in [6, 6.07) is 4.88. The summed E-state index contributed by atoms with van der Waals surface area (Å²) in [7, 11) is 0. The van der Waals surface area contributed by atoms with Crippen molar-refractivity contribution in [2.75, 3.05) is 0 Å². The number of aromatic amines is 1. The van der Waals surface area contributed by atoms with Crippen molar-refractivity contribution in [3.8, 4) is 5.69 Å². The summed E-state index contributed by atoms with van der Waals surface area (Å²) in [5.74, 6) is -0.589. The molecule has 6 nitrogen and oxygen atoms in total. The molecular formula is C17H16FN5O. The molecule has 0 saturated heterocycles. The minimum atomic E-state index is -0.361. The summed E-state index contributed by atoms with van der Waals surface area (Å²) in [5, 5.41) is 9.82. The van der Waals surface area contributed by atoms with Gasteiger partial charge >= 0.3 is 0 Å². The van der Waals surface area contributed by atoms with Crippen LogP contribution in [0.2, 0.25) is 0 Å². The number of rotatable bonds is 4. The topological polar surface area (TPSA) is 75.6 Å². The molecule has 1 amide bonds. The van der Waals surface area contributed by atoms with Gasteiger partial charge in [-0.3, -0.25) is 9.89 Å². The van der Waals surface area contributed by atoms with E-state index in [4.69, 9.17) is 0 Å². The monoisotopic (exact) mass is 325 g/mol. The van der Waals surface area contributed by atoms with Crippen LogP contribution in [-0.2, 0) is 19.4 Å². The van der Waals surface area contributed by atoms with Crippen molar-refractivity contribution < 1.29 is 9.18 Å². The van der Waals surface area contributed by atoms with Gasteiger partial charge in [0.05, 0.1) is 12.0 Å². The molecule has 3 aromatic rings. The van der Waals surface area contributed by atoms with Gasteiger partial charge in [0.1, 0.15) is 5.82 Å². The fourth-order valence-electron chi connectivity index (χ4n) is 3.04. The molecule has 1 aliphatic carbocycles. The zero-order chi connectivity index (χ0) is 16.5. The molecule has 2 N–H and O–H groups in total. The highest BCUT2D eigenvalue weighted by Crippen LogP contribution is 2.22. The van der Waals surface area contributed by atoms with E-state index in [0.717, 1.165) is 30.5 Å². The molecule has 4 rings (SSSR count). The van der Waals surface area contributed by atoms with Gasteiger partial charge in [0.25, 0.3) is 5.91 Å². The molecule has 1 aliphatic rings. The second-order valence-electron chi connectivity index (χ2n) is 5.82. The van der Waals surface area contributed by atoms with Gasteiger partial charge in [-0.25, -0.2) is 9.37 Å².